The molecule has 4 heteroatoms. The standard InChI is InChI=1S/C9H12N2O2/c1-6-3-7(4-8(12)13-2)5-11-9(6)10/h3,5H,4H2,1-2H3,(H2,10,11). The number of hydrogen-bond donors (Lipinski definition) is 1. The summed E-state index contributed by atoms with van der Waals surface area (Å²) >= 11 is 0. The van der Waals surface area contributed by atoms with E-state index in [1.54, 1.807) is 6.20 Å². The second-order valence-corrected chi connectivity index (χ2v) is 2.80. The summed E-state index contributed by atoms with van der Waals surface area (Å²) in [7, 11) is 1.36. The van der Waals surface area contributed by atoms with Crippen LogP contribution in [0.5, 0.6) is 0 Å². The molecule has 0 spiro atoms. The van der Waals surface area contributed by atoms with E-state index in [1.165, 1.54) is 7.11 Å². The molecular formula is C9H12N2O2. The van der Waals surface area contributed by atoms with Crippen molar-refractivity contribution in [3.05, 3.63) is 23.4 Å². The summed E-state index contributed by atoms with van der Waals surface area (Å²) in [6.45, 7) is 1.85. The minimum Gasteiger partial charge on any atom is -0.469 e. The fourth-order valence-electron chi connectivity index (χ4n) is 0.979. The molecule has 0 saturated heterocycles. The molecule has 70 valence electrons. The lowest BCUT2D eigenvalue weighted by Gasteiger charge is -2.02. The lowest BCUT2D eigenvalue weighted by molar-refractivity contribution is -0.139. The summed E-state index contributed by atoms with van der Waals surface area (Å²) in [5.41, 5.74) is 7.22. The van der Waals surface area contributed by atoms with Crippen molar-refractivity contribution in [1.29, 1.82) is 0 Å². The molecule has 0 aliphatic rings. The van der Waals surface area contributed by atoms with Crippen molar-refractivity contribution in [3.63, 3.8) is 0 Å². The number of anilines is 1. The van der Waals surface area contributed by atoms with E-state index in [-0.39, 0.29) is 12.4 Å². The maximum absolute atomic E-state index is 10.9. The molecule has 0 aliphatic carbocycles. The predicted molar refractivity (Wildman–Crippen MR) is 49.1 cm³/mol. The maximum Gasteiger partial charge on any atom is 0.310 e. The average molecular weight is 180 g/mol. The molecule has 0 aromatic carbocycles. The first-order valence-corrected chi connectivity index (χ1v) is 3.91. The van der Waals surface area contributed by atoms with Gasteiger partial charge in [-0.05, 0) is 18.1 Å². The maximum atomic E-state index is 10.9. The predicted octanol–water partition coefficient (Wildman–Crippen LogP) is 0.688. The lowest BCUT2D eigenvalue weighted by Crippen LogP contribution is -2.05. The zero-order chi connectivity index (χ0) is 9.84. The quantitative estimate of drug-likeness (QED) is 0.680. The van der Waals surface area contributed by atoms with Gasteiger partial charge in [0.05, 0.1) is 13.5 Å². The summed E-state index contributed by atoms with van der Waals surface area (Å²) in [6, 6.07) is 1.83. The van der Waals surface area contributed by atoms with Crippen molar-refractivity contribution in [3.8, 4) is 0 Å². The van der Waals surface area contributed by atoms with Gasteiger partial charge in [0, 0.05) is 6.20 Å². The van der Waals surface area contributed by atoms with Crippen LogP contribution in [0.2, 0.25) is 0 Å². The molecule has 1 rings (SSSR count). The number of pyridine rings is 1. The number of nitrogen functional groups attached to an aromatic ring is 1. The van der Waals surface area contributed by atoms with Gasteiger partial charge in [-0.1, -0.05) is 6.07 Å². The topological polar surface area (TPSA) is 65.2 Å². The second-order valence-electron chi connectivity index (χ2n) is 2.80. The number of carbonyl (C=O) groups is 1. The van der Waals surface area contributed by atoms with Crippen LogP contribution < -0.4 is 5.73 Å². The van der Waals surface area contributed by atoms with E-state index >= 15 is 0 Å². The van der Waals surface area contributed by atoms with Crippen molar-refractivity contribution < 1.29 is 9.53 Å². The third-order valence-corrected chi connectivity index (χ3v) is 1.75. The van der Waals surface area contributed by atoms with Crippen molar-refractivity contribution in [2.75, 3.05) is 12.8 Å². The molecule has 2 N–H and O–H groups in total. The number of ether oxygens (including phenoxy) is 1. The van der Waals surface area contributed by atoms with Crippen molar-refractivity contribution in [1.82, 2.24) is 4.98 Å². The van der Waals surface area contributed by atoms with Crippen molar-refractivity contribution in [2.45, 2.75) is 13.3 Å². The fourth-order valence-corrected chi connectivity index (χ4v) is 0.979. The fraction of sp³-hybridized carbons (Fsp3) is 0.333. The molecule has 0 amide bonds. The number of nitrogens with two attached hydrogens (primary N) is 1. The van der Waals surface area contributed by atoms with Gasteiger partial charge < -0.3 is 10.5 Å². The normalized spacial score (nSPS) is 9.69. The Morgan fingerprint density at radius 3 is 2.92 bits per heavy atom. The molecule has 0 fully saturated rings. The molecule has 13 heavy (non-hydrogen) atoms. The van der Waals surface area contributed by atoms with E-state index in [4.69, 9.17) is 5.73 Å². The minimum absolute atomic E-state index is 0.241. The highest BCUT2D eigenvalue weighted by Gasteiger charge is 2.04. The summed E-state index contributed by atoms with van der Waals surface area (Å²) in [5.74, 6) is 0.222. The first-order chi connectivity index (χ1) is 6.13. The Bertz CT molecular complexity index is 323. The van der Waals surface area contributed by atoms with E-state index in [1.807, 2.05) is 13.0 Å². The number of hydrogen-bond acceptors (Lipinski definition) is 4. The van der Waals surface area contributed by atoms with E-state index < -0.39 is 0 Å². The van der Waals surface area contributed by atoms with Gasteiger partial charge >= 0.3 is 5.97 Å². The van der Waals surface area contributed by atoms with Gasteiger partial charge in [0.15, 0.2) is 0 Å². The Labute approximate surface area is 76.7 Å². The van der Waals surface area contributed by atoms with Gasteiger partial charge in [0.25, 0.3) is 0 Å². The Morgan fingerprint density at radius 2 is 2.38 bits per heavy atom. The van der Waals surface area contributed by atoms with Crippen LogP contribution in [-0.4, -0.2) is 18.1 Å². The number of carbonyl (C=O) groups excluding carboxylic acids is 1. The molecule has 1 aromatic heterocycles. The SMILES string of the molecule is COC(=O)Cc1cnc(N)c(C)c1. The Morgan fingerprint density at radius 1 is 1.69 bits per heavy atom. The summed E-state index contributed by atoms with van der Waals surface area (Å²) in [6.07, 6.45) is 1.82. The van der Waals surface area contributed by atoms with Crippen LogP contribution in [-0.2, 0) is 16.0 Å². The molecule has 0 radical (unpaired) electrons. The molecular weight excluding hydrogens is 168 g/mol. The van der Waals surface area contributed by atoms with Crippen LogP contribution in [0.1, 0.15) is 11.1 Å². The van der Waals surface area contributed by atoms with Gasteiger partial charge in [0.2, 0.25) is 0 Å². The smallest absolute Gasteiger partial charge is 0.310 e. The number of esters is 1. The largest absolute Gasteiger partial charge is 0.469 e. The van der Waals surface area contributed by atoms with Gasteiger partial charge in [-0.2, -0.15) is 0 Å². The van der Waals surface area contributed by atoms with E-state index in [0.29, 0.717) is 5.82 Å². The highest BCUT2D eigenvalue weighted by atomic mass is 16.5. The van der Waals surface area contributed by atoms with Crippen molar-refractivity contribution >= 4 is 11.8 Å². The Balaban J connectivity index is 2.79. The monoisotopic (exact) mass is 180 g/mol. The second kappa shape index (κ2) is 3.89. The molecule has 0 atom stereocenters. The zero-order valence-corrected chi connectivity index (χ0v) is 7.70. The Hall–Kier alpha value is -1.58. The number of aromatic nitrogens is 1. The summed E-state index contributed by atoms with van der Waals surface area (Å²) < 4.78 is 4.53. The van der Waals surface area contributed by atoms with Crippen LogP contribution in [0, 0.1) is 6.92 Å². The molecule has 1 heterocycles. The van der Waals surface area contributed by atoms with Gasteiger partial charge in [0.1, 0.15) is 5.82 Å². The Kier molecular flexibility index (Phi) is 2.84. The van der Waals surface area contributed by atoms with Gasteiger partial charge in [-0.3, -0.25) is 4.79 Å². The number of rotatable bonds is 2. The molecule has 1 aromatic rings. The molecule has 0 saturated carbocycles. The van der Waals surface area contributed by atoms with E-state index in [9.17, 15) is 4.79 Å². The number of aryl methyl sites for hydroxylation is 1. The van der Waals surface area contributed by atoms with E-state index in [0.717, 1.165) is 11.1 Å². The highest BCUT2D eigenvalue weighted by molar-refractivity contribution is 5.72. The summed E-state index contributed by atoms with van der Waals surface area (Å²) in [4.78, 5) is 14.8. The molecule has 0 aliphatic heterocycles. The molecule has 4 nitrogen and oxygen atoms in total. The third kappa shape index (κ3) is 2.43. The lowest BCUT2D eigenvalue weighted by atomic mass is 10.1. The summed E-state index contributed by atoms with van der Waals surface area (Å²) in [5, 5.41) is 0. The van der Waals surface area contributed by atoms with E-state index in [2.05, 4.69) is 9.72 Å². The minimum atomic E-state index is -0.272. The van der Waals surface area contributed by atoms with Crippen LogP contribution in [0.4, 0.5) is 5.82 Å². The average Bonchev–Trinajstić information content (AvgIpc) is 2.11. The van der Waals surface area contributed by atoms with Crippen LogP contribution in [0.25, 0.3) is 0 Å². The third-order valence-electron chi connectivity index (χ3n) is 1.75. The molecule has 0 unspecified atom stereocenters. The first-order valence-electron chi connectivity index (χ1n) is 3.91. The van der Waals surface area contributed by atoms with Crippen LogP contribution in [0.3, 0.4) is 0 Å². The highest BCUT2D eigenvalue weighted by Crippen LogP contribution is 2.09. The molecule has 0 bridgehead atoms. The van der Waals surface area contributed by atoms with Gasteiger partial charge in [-0.15, -0.1) is 0 Å². The number of nitrogens with zero attached hydrogens (tertiary/aromatic N) is 1. The first kappa shape index (κ1) is 9.51. The van der Waals surface area contributed by atoms with Gasteiger partial charge in [-0.25, -0.2) is 4.98 Å². The van der Waals surface area contributed by atoms with Crippen LogP contribution >= 0.6 is 0 Å². The number of methoxy groups -OCH3 is 1. The zero-order valence-electron chi connectivity index (χ0n) is 7.70. The van der Waals surface area contributed by atoms with Crippen LogP contribution in [0.15, 0.2) is 12.3 Å². The van der Waals surface area contributed by atoms with Crippen molar-refractivity contribution in [2.24, 2.45) is 0 Å².